The number of hydrogen-bond donors (Lipinski definition) is 1. The zero-order valence-electron chi connectivity index (χ0n) is 24.7. The van der Waals surface area contributed by atoms with Crippen molar-refractivity contribution < 1.29 is 9.59 Å². The van der Waals surface area contributed by atoms with Crippen LogP contribution in [-0.4, -0.2) is 72.6 Å². The van der Waals surface area contributed by atoms with E-state index in [4.69, 9.17) is 10.1 Å². The van der Waals surface area contributed by atoms with Crippen LogP contribution in [0, 0.1) is 19.8 Å². The van der Waals surface area contributed by atoms with Gasteiger partial charge in [0, 0.05) is 37.4 Å². The third kappa shape index (κ3) is 6.37. The van der Waals surface area contributed by atoms with E-state index in [0.29, 0.717) is 37.5 Å². The molecule has 0 unspecified atom stereocenters. The molecule has 1 spiro atoms. The lowest BCUT2D eigenvalue weighted by Crippen LogP contribution is -2.73. The zero-order valence-corrected chi connectivity index (χ0v) is 26.4. The number of aryl methyl sites for hydroxylation is 1. The van der Waals surface area contributed by atoms with Crippen molar-refractivity contribution >= 4 is 47.7 Å². The molecule has 3 aromatic rings. The molecule has 224 valence electrons. The second-order valence-electron chi connectivity index (χ2n) is 11.6. The molecule has 1 N–H and O–H groups in total. The van der Waals surface area contributed by atoms with E-state index in [1.54, 1.807) is 6.20 Å². The van der Waals surface area contributed by atoms with Crippen LogP contribution in [0.15, 0.2) is 30.5 Å². The molecule has 0 radical (unpaired) electrons. The van der Waals surface area contributed by atoms with E-state index in [-0.39, 0.29) is 36.6 Å². The first kappa shape index (κ1) is 32.8. The maximum absolute atomic E-state index is 13.6. The molecule has 4 heterocycles. The molecule has 0 aliphatic carbocycles. The highest BCUT2D eigenvalue weighted by Crippen LogP contribution is 2.35. The van der Waals surface area contributed by atoms with E-state index < -0.39 is 11.6 Å². The van der Waals surface area contributed by atoms with Crippen LogP contribution in [0.1, 0.15) is 69.8 Å². The van der Waals surface area contributed by atoms with Gasteiger partial charge in [0.2, 0.25) is 11.8 Å². The molecule has 0 saturated carbocycles. The number of nitrogens with zero attached hydrogens (tertiary/aromatic N) is 6. The average molecular weight is 605 g/mol. The summed E-state index contributed by atoms with van der Waals surface area (Å²) in [6.07, 6.45) is 5.64. The molecule has 0 bridgehead atoms. The number of aromatic nitrogens is 4. The minimum Gasteiger partial charge on any atom is -0.342 e. The molecule has 2 aliphatic rings. The van der Waals surface area contributed by atoms with Crippen molar-refractivity contribution in [3.63, 3.8) is 0 Å². The summed E-state index contributed by atoms with van der Waals surface area (Å²) in [7, 11) is 0. The van der Waals surface area contributed by atoms with Crippen molar-refractivity contribution in [2.75, 3.05) is 19.6 Å². The average Bonchev–Trinajstić information content (AvgIpc) is 3.20. The van der Waals surface area contributed by atoms with Gasteiger partial charge in [-0.1, -0.05) is 39.3 Å². The lowest BCUT2D eigenvalue weighted by molar-refractivity contribution is -0.161. The Hall–Kier alpha value is -2.75. The number of unbranched alkanes of at least 4 members (excludes halogenated alkanes) is 1. The van der Waals surface area contributed by atoms with Crippen LogP contribution in [0.3, 0.4) is 0 Å². The highest BCUT2D eigenvalue weighted by atomic mass is 35.5. The maximum atomic E-state index is 13.6. The van der Waals surface area contributed by atoms with Gasteiger partial charge < -0.3 is 10.2 Å². The Labute approximate surface area is 255 Å². The number of carbonyl (C=O) groups excluding carboxylic acids is 2. The maximum Gasteiger partial charge on any atom is 0.246 e. The second kappa shape index (κ2) is 13.5. The number of piperazine rings is 1. The van der Waals surface area contributed by atoms with E-state index in [1.165, 1.54) is 5.56 Å². The van der Waals surface area contributed by atoms with Crippen LogP contribution in [-0.2, 0) is 16.1 Å². The van der Waals surface area contributed by atoms with Gasteiger partial charge in [0.05, 0.1) is 22.9 Å². The number of carbonyl (C=O) groups is 2. The summed E-state index contributed by atoms with van der Waals surface area (Å²) in [4.78, 5) is 40.8. The summed E-state index contributed by atoms with van der Waals surface area (Å²) in [6.45, 7) is 13.3. The van der Waals surface area contributed by atoms with Crippen molar-refractivity contribution in [1.82, 2.24) is 34.9 Å². The number of amides is 2. The molecule has 2 fully saturated rings. The molecule has 2 saturated heterocycles. The second-order valence-corrected chi connectivity index (χ2v) is 11.6. The molecule has 1 aromatic carbocycles. The van der Waals surface area contributed by atoms with Crippen molar-refractivity contribution in [1.29, 1.82) is 0 Å². The lowest BCUT2D eigenvalue weighted by Gasteiger charge is -2.52. The Morgan fingerprint density at radius 3 is 2.41 bits per heavy atom. The molecular weight excluding hydrogens is 561 g/mol. The number of nitrogens with one attached hydrogen (secondary N) is 1. The van der Waals surface area contributed by atoms with Crippen LogP contribution in [0.5, 0.6) is 0 Å². The predicted molar refractivity (Wildman–Crippen MR) is 166 cm³/mol. The zero-order chi connectivity index (χ0) is 27.7. The van der Waals surface area contributed by atoms with E-state index >= 15 is 0 Å². The van der Waals surface area contributed by atoms with Gasteiger partial charge in [-0.15, -0.1) is 24.8 Å². The standard InChI is InChI=1S/C30H41N7O2.2ClH/c1-6-7-14-36-28(38)26(17-20(2)3)33-29(39)30(36)12-15-35(16-13-30)19-23-21(4)34-37(22(23)5)27-18-31-24-10-8-9-11-25(24)32-27;;/h8-11,18,20,26H,6-7,12-17,19H2,1-5H3,(H,33,39);2*1H/t26-;;/m0../s1. The third-order valence-electron chi connectivity index (χ3n) is 8.41. The van der Waals surface area contributed by atoms with Gasteiger partial charge in [0.25, 0.3) is 0 Å². The summed E-state index contributed by atoms with van der Waals surface area (Å²) in [5.41, 5.74) is 4.14. The smallest absolute Gasteiger partial charge is 0.246 e. The summed E-state index contributed by atoms with van der Waals surface area (Å²) >= 11 is 0. The number of halogens is 2. The number of benzene rings is 1. The van der Waals surface area contributed by atoms with Gasteiger partial charge in [-0.3, -0.25) is 19.5 Å². The fourth-order valence-electron chi connectivity index (χ4n) is 6.13. The molecule has 2 aromatic heterocycles. The fraction of sp³-hybridized carbons (Fsp3) is 0.567. The first-order chi connectivity index (χ1) is 18.7. The number of rotatable bonds is 8. The van der Waals surface area contributed by atoms with Gasteiger partial charge in [-0.05, 0) is 57.6 Å². The van der Waals surface area contributed by atoms with Crippen LogP contribution in [0.2, 0.25) is 0 Å². The van der Waals surface area contributed by atoms with Gasteiger partial charge >= 0.3 is 0 Å². The minimum absolute atomic E-state index is 0. The van der Waals surface area contributed by atoms with E-state index in [2.05, 4.69) is 42.9 Å². The van der Waals surface area contributed by atoms with Crippen LogP contribution in [0.4, 0.5) is 0 Å². The van der Waals surface area contributed by atoms with Gasteiger partial charge in [-0.2, -0.15) is 5.10 Å². The van der Waals surface area contributed by atoms with Gasteiger partial charge in [0.1, 0.15) is 11.6 Å². The quantitative estimate of drug-likeness (QED) is 0.398. The molecule has 2 amide bonds. The van der Waals surface area contributed by atoms with Crippen molar-refractivity contribution in [2.45, 2.75) is 84.8 Å². The highest BCUT2D eigenvalue weighted by Gasteiger charge is 2.53. The molecular formula is C30H43Cl2N7O2. The third-order valence-corrected chi connectivity index (χ3v) is 8.41. The SMILES string of the molecule is CCCCN1C(=O)[C@H](CC(C)C)NC(=O)C12CCN(Cc1c(C)nn(-c3cnc4ccccc4n3)c1C)CC2.Cl.Cl. The predicted octanol–water partition coefficient (Wildman–Crippen LogP) is 4.78. The number of hydrogen-bond acceptors (Lipinski definition) is 6. The Kier molecular flexibility index (Phi) is 10.8. The number of para-hydroxylation sites is 2. The van der Waals surface area contributed by atoms with E-state index in [1.807, 2.05) is 40.8 Å². The van der Waals surface area contributed by atoms with E-state index in [9.17, 15) is 9.59 Å². The van der Waals surface area contributed by atoms with Crippen LogP contribution >= 0.6 is 24.8 Å². The molecule has 5 rings (SSSR count). The summed E-state index contributed by atoms with van der Waals surface area (Å²) < 4.78 is 1.88. The van der Waals surface area contributed by atoms with Crippen LogP contribution < -0.4 is 5.32 Å². The molecule has 9 nitrogen and oxygen atoms in total. The molecule has 11 heteroatoms. The topological polar surface area (TPSA) is 96.2 Å². The fourth-order valence-corrected chi connectivity index (χ4v) is 6.13. The molecule has 2 aliphatic heterocycles. The number of piperidine rings is 1. The van der Waals surface area contributed by atoms with Crippen molar-refractivity contribution in [2.24, 2.45) is 5.92 Å². The summed E-state index contributed by atoms with van der Waals surface area (Å²) in [6, 6.07) is 7.43. The Balaban J connectivity index is 0.00000231. The lowest BCUT2D eigenvalue weighted by atomic mass is 9.80. The Bertz CT molecular complexity index is 1370. The summed E-state index contributed by atoms with van der Waals surface area (Å²) in [5, 5.41) is 7.91. The minimum atomic E-state index is -0.745. The van der Waals surface area contributed by atoms with Crippen molar-refractivity contribution in [3.8, 4) is 5.82 Å². The van der Waals surface area contributed by atoms with Gasteiger partial charge in [0.15, 0.2) is 5.82 Å². The monoisotopic (exact) mass is 603 g/mol. The first-order valence-corrected chi connectivity index (χ1v) is 14.4. The summed E-state index contributed by atoms with van der Waals surface area (Å²) in [5.74, 6) is 1.17. The molecule has 1 atom stereocenters. The Morgan fingerprint density at radius 1 is 1.07 bits per heavy atom. The van der Waals surface area contributed by atoms with Gasteiger partial charge in [-0.25, -0.2) is 9.67 Å². The largest absolute Gasteiger partial charge is 0.342 e. The Morgan fingerprint density at radius 2 is 1.76 bits per heavy atom. The molecule has 41 heavy (non-hydrogen) atoms. The van der Waals surface area contributed by atoms with Crippen molar-refractivity contribution in [3.05, 3.63) is 47.4 Å². The first-order valence-electron chi connectivity index (χ1n) is 14.4. The highest BCUT2D eigenvalue weighted by molar-refractivity contribution is 6.00. The van der Waals surface area contributed by atoms with E-state index in [0.717, 1.165) is 54.9 Å². The number of fused-ring (bicyclic) bond motifs is 1. The normalized spacial score (nSPS) is 18.9. The van der Waals surface area contributed by atoms with Crippen LogP contribution in [0.25, 0.3) is 16.9 Å². The number of likely N-dealkylation sites (tertiary alicyclic amines) is 1.